The van der Waals surface area contributed by atoms with E-state index in [-0.39, 0.29) is 42.8 Å². The molecule has 60 heavy (non-hydrogen) atoms. The number of carbonyl (C=O) groups is 4. The molecular weight excluding hydrogens is 806 g/mol. The summed E-state index contributed by atoms with van der Waals surface area (Å²) in [5.41, 5.74) is -2.03. The maximum Gasteiger partial charge on any atom is 0.408 e. The quantitative estimate of drug-likeness (QED) is 0.318. The number of nitrogens with one attached hydrogen (secondary N) is 3. The maximum atomic E-state index is 14.9. The van der Waals surface area contributed by atoms with Crippen molar-refractivity contribution in [1.82, 2.24) is 30.2 Å². The van der Waals surface area contributed by atoms with Crippen LogP contribution in [-0.4, -0.2) is 94.6 Å². The number of sulfonamides is 1. The summed E-state index contributed by atoms with van der Waals surface area (Å²) in [4.78, 5) is 67.5. The van der Waals surface area contributed by atoms with Crippen LogP contribution < -0.4 is 20.1 Å². The predicted molar refractivity (Wildman–Crippen MR) is 214 cm³/mol. The number of halogens is 3. The monoisotopic (exact) mass is 862 g/mol. The van der Waals surface area contributed by atoms with Gasteiger partial charge in [-0.05, 0) is 87.7 Å². The predicted octanol–water partition coefficient (Wildman–Crippen LogP) is 5.56. The summed E-state index contributed by atoms with van der Waals surface area (Å²) in [5.74, 6) is -5.49. The third kappa shape index (κ3) is 8.50. The molecule has 18 heteroatoms. The van der Waals surface area contributed by atoms with Gasteiger partial charge in [0.05, 0.1) is 28.2 Å². The molecule has 0 unspecified atom stereocenters. The summed E-state index contributed by atoms with van der Waals surface area (Å²) in [6.07, 6.45) is 1.05. The lowest BCUT2D eigenvalue weighted by atomic mass is 9.85. The van der Waals surface area contributed by atoms with Gasteiger partial charge in [0.1, 0.15) is 41.3 Å². The molecular formula is C42H57F3N6O8S. The summed E-state index contributed by atoms with van der Waals surface area (Å²) in [7, 11) is -4.26. The molecule has 4 amide bonds. The normalized spacial score (nSPS) is 32.1. The third-order valence-electron chi connectivity index (χ3n) is 13.7. The molecule has 0 radical (unpaired) electrons. The molecule has 1 aromatic heterocycles. The van der Waals surface area contributed by atoms with Crippen molar-refractivity contribution in [2.75, 3.05) is 6.54 Å². The summed E-state index contributed by atoms with van der Waals surface area (Å²) in [6, 6.07) is 1.35. The Labute approximate surface area is 348 Å². The van der Waals surface area contributed by atoms with E-state index >= 15 is 0 Å². The van der Waals surface area contributed by atoms with Crippen LogP contribution in [-0.2, 0) is 35.6 Å². The highest BCUT2D eigenvalue weighted by Gasteiger charge is 2.67. The zero-order valence-corrected chi connectivity index (χ0v) is 35.9. The maximum absolute atomic E-state index is 14.9. The van der Waals surface area contributed by atoms with E-state index in [0.29, 0.717) is 36.4 Å². The number of hydrogen-bond donors (Lipinski definition) is 3. The SMILES string of the molecule is CC[C@H]1CC[C@H]2OC(=O)N[C@@H](C(C)(C)C)C(=O)N3C[C@H](Oc4nc5cc(F)ccc5nc4CCCCC[C@H]12)[C@@H](C)[C@H]3C(=O)N[C@]1(C(=O)NS(=O)(=O)C2(C)CC2)C[C@H]1C(F)F. The van der Waals surface area contributed by atoms with Gasteiger partial charge in [-0.25, -0.2) is 36.4 Å². The van der Waals surface area contributed by atoms with E-state index in [2.05, 4.69) is 22.5 Å². The van der Waals surface area contributed by atoms with Crippen molar-refractivity contribution in [3.8, 4) is 5.88 Å². The lowest BCUT2D eigenvalue weighted by molar-refractivity contribution is -0.143. The largest absolute Gasteiger partial charge is 0.471 e. The van der Waals surface area contributed by atoms with Crippen LogP contribution in [0.2, 0.25) is 0 Å². The Hall–Kier alpha value is -4.22. The fourth-order valence-electron chi connectivity index (χ4n) is 9.43. The van der Waals surface area contributed by atoms with Crippen LogP contribution in [0.5, 0.6) is 5.88 Å². The van der Waals surface area contributed by atoms with Crippen molar-refractivity contribution < 1.29 is 50.2 Å². The van der Waals surface area contributed by atoms with Gasteiger partial charge in [0, 0.05) is 12.0 Å². The van der Waals surface area contributed by atoms with Crippen molar-refractivity contribution >= 4 is 44.9 Å². The van der Waals surface area contributed by atoms with Crippen LogP contribution in [0.1, 0.15) is 111 Å². The first kappa shape index (κ1) is 43.9. The van der Waals surface area contributed by atoms with Gasteiger partial charge in [0.25, 0.3) is 5.91 Å². The Bertz CT molecular complexity index is 2130. The number of ether oxygens (including phenoxy) is 2. The van der Waals surface area contributed by atoms with E-state index in [1.165, 1.54) is 30.0 Å². The standard InChI is InChI=1S/C42H57F3N6O8S/c1-7-23-13-16-30-25(23)11-9-8-10-12-28-36(47-29-19-24(43)14-15-27(29)46-28)58-31-21-51(37(53)33(40(3,4)5)48-39(55)59-30)32(22(31)2)35(52)49-42(20-26(42)34(44)45)38(54)50-60(56,57)41(6)17-18-41/h14-15,19,22-23,25-26,30-34H,7-13,16-18,20-21H2,1-6H3,(H,48,55)(H,49,52)(H,50,54)/t22-,23+,25-,26+,30-,31+,32+,33-,42-/m1/s1. The van der Waals surface area contributed by atoms with Gasteiger partial charge in [-0.3, -0.25) is 19.1 Å². The Morgan fingerprint density at radius 1 is 1.03 bits per heavy atom. The van der Waals surface area contributed by atoms with Crippen LogP contribution in [0, 0.1) is 34.9 Å². The fraction of sp³-hybridized carbons (Fsp3) is 0.714. The molecule has 2 aliphatic heterocycles. The van der Waals surface area contributed by atoms with Crippen molar-refractivity contribution in [3.05, 3.63) is 29.7 Å². The number of aryl methyl sites for hydroxylation is 1. The van der Waals surface area contributed by atoms with Crippen LogP contribution in [0.3, 0.4) is 0 Å². The second-order valence-electron chi connectivity index (χ2n) is 18.9. The molecule has 4 fully saturated rings. The smallest absolute Gasteiger partial charge is 0.408 e. The van der Waals surface area contributed by atoms with Gasteiger partial charge in [0.2, 0.25) is 34.1 Å². The number of benzene rings is 1. The van der Waals surface area contributed by atoms with Gasteiger partial charge < -0.3 is 25.0 Å². The minimum absolute atomic E-state index is 0.0880. The summed E-state index contributed by atoms with van der Waals surface area (Å²) in [5, 5.41) is 5.25. The van der Waals surface area contributed by atoms with Gasteiger partial charge in [-0.1, -0.05) is 53.9 Å². The lowest BCUT2D eigenvalue weighted by Crippen LogP contribution is -2.61. The summed E-state index contributed by atoms with van der Waals surface area (Å²) < 4.78 is 82.6. The molecule has 3 N–H and O–H groups in total. The van der Waals surface area contributed by atoms with E-state index in [1.54, 1.807) is 27.7 Å². The van der Waals surface area contributed by atoms with E-state index in [4.69, 9.17) is 14.5 Å². The van der Waals surface area contributed by atoms with Crippen LogP contribution in [0.15, 0.2) is 18.2 Å². The van der Waals surface area contributed by atoms with Crippen molar-refractivity contribution in [3.63, 3.8) is 0 Å². The molecule has 3 aliphatic carbocycles. The van der Waals surface area contributed by atoms with Gasteiger partial charge >= 0.3 is 6.09 Å². The first-order valence-corrected chi connectivity index (χ1v) is 22.7. The van der Waals surface area contributed by atoms with Gasteiger partial charge in [0.15, 0.2) is 0 Å². The lowest BCUT2D eigenvalue weighted by Gasteiger charge is -2.36. The summed E-state index contributed by atoms with van der Waals surface area (Å²) >= 11 is 0. The van der Waals surface area contributed by atoms with E-state index in [1.807, 2.05) is 4.72 Å². The first-order valence-electron chi connectivity index (χ1n) is 21.3. The van der Waals surface area contributed by atoms with Crippen LogP contribution in [0.4, 0.5) is 18.0 Å². The molecule has 5 aliphatic rings. The molecule has 1 saturated heterocycles. The average Bonchev–Trinajstić information content (AvgIpc) is 4.04. The number of alkyl carbamates (subject to hydrolysis) is 1. The zero-order chi connectivity index (χ0) is 43.5. The van der Waals surface area contributed by atoms with Gasteiger partial charge in [-0.2, -0.15) is 0 Å². The van der Waals surface area contributed by atoms with E-state index in [9.17, 15) is 40.8 Å². The molecule has 3 heterocycles. The molecule has 330 valence electrons. The van der Waals surface area contributed by atoms with E-state index in [0.717, 1.165) is 32.1 Å². The number of alkyl halides is 2. The zero-order valence-electron chi connectivity index (χ0n) is 35.1. The van der Waals surface area contributed by atoms with Crippen molar-refractivity contribution in [1.29, 1.82) is 0 Å². The Morgan fingerprint density at radius 3 is 2.42 bits per heavy atom. The minimum Gasteiger partial charge on any atom is -0.471 e. The highest BCUT2D eigenvalue weighted by Crippen LogP contribution is 2.50. The molecule has 3 saturated carbocycles. The molecule has 7 rings (SSSR count). The molecule has 1 aromatic carbocycles. The Morgan fingerprint density at radius 2 is 1.77 bits per heavy atom. The highest BCUT2D eigenvalue weighted by atomic mass is 32.2. The molecule has 9 atom stereocenters. The Balaban J connectivity index is 1.26. The number of nitrogens with zero attached hydrogens (tertiary/aromatic N) is 3. The summed E-state index contributed by atoms with van der Waals surface area (Å²) in [6.45, 7) is 10.2. The number of carbonyl (C=O) groups excluding carboxylic acids is 4. The van der Waals surface area contributed by atoms with Crippen molar-refractivity contribution in [2.24, 2.45) is 29.1 Å². The highest BCUT2D eigenvalue weighted by molar-refractivity contribution is 7.91. The third-order valence-corrected chi connectivity index (χ3v) is 15.8. The average molecular weight is 863 g/mol. The second kappa shape index (κ2) is 16.2. The number of rotatable bonds is 7. The Kier molecular flexibility index (Phi) is 11.9. The van der Waals surface area contributed by atoms with Crippen molar-refractivity contribution in [2.45, 2.75) is 153 Å². The van der Waals surface area contributed by atoms with E-state index < -0.39 is 98.2 Å². The molecule has 14 nitrogen and oxygen atoms in total. The van der Waals surface area contributed by atoms with Crippen LogP contribution >= 0.6 is 0 Å². The topological polar surface area (TPSA) is 186 Å². The second-order valence-corrected chi connectivity index (χ2v) is 21.1. The number of amides is 4. The first-order chi connectivity index (χ1) is 28.2. The van der Waals surface area contributed by atoms with Gasteiger partial charge in [-0.15, -0.1) is 0 Å². The molecule has 2 aromatic rings. The number of fused-ring (bicyclic) bond motifs is 5. The fourth-order valence-corrected chi connectivity index (χ4v) is 10.7. The number of hydrogen-bond acceptors (Lipinski definition) is 10. The molecule has 0 spiro atoms. The minimum atomic E-state index is -4.26. The molecule has 2 bridgehead atoms. The van der Waals surface area contributed by atoms with Crippen LogP contribution in [0.25, 0.3) is 11.0 Å². The number of aromatic nitrogens is 2.